The molecule has 0 unspecified atom stereocenters. The number of para-hydroxylation sites is 1. The molecule has 0 spiro atoms. The minimum absolute atomic E-state index is 0.118. The van der Waals surface area contributed by atoms with Gasteiger partial charge in [-0.15, -0.1) is 0 Å². The lowest BCUT2D eigenvalue weighted by Crippen LogP contribution is -2.06. The number of nitrogens with zero attached hydrogens (tertiary/aromatic N) is 1. The van der Waals surface area contributed by atoms with Crippen LogP contribution in [-0.4, -0.2) is 4.98 Å². The van der Waals surface area contributed by atoms with Crippen LogP contribution in [0.25, 0.3) is 10.9 Å². The lowest BCUT2D eigenvalue weighted by Gasteiger charge is -2.09. The summed E-state index contributed by atoms with van der Waals surface area (Å²) >= 11 is 0. The van der Waals surface area contributed by atoms with E-state index in [1.54, 1.807) is 0 Å². The fourth-order valence-corrected chi connectivity index (χ4v) is 1.37. The van der Waals surface area contributed by atoms with Crippen molar-refractivity contribution < 1.29 is 17.6 Å². The number of aromatic nitrogens is 1. The van der Waals surface area contributed by atoms with Gasteiger partial charge in [-0.1, -0.05) is 6.07 Å². The number of hydrogen-bond acceptors (Lipinski definition) is 1. The SMILES string of the molecule is Fc1ccnc2c(C(F)(F)F)cccc12. The van der Waals surface area contributed by atoms with Crippen molar-refractivity contribution in [3.8, 4) is 0 Å². The monoisotopic (exact) mass is 215 g/mol. The van der Waals surface area contributed by atoms with Crippen LogP contribution in [0.5, 0.6) is 0 Å². The summed E-state index contributed by atoms with van der Waals surface area (Å²) in [5.41, 5.74) is -1.27. The van der Waals surface area contributed by atoms with Gasteiger partial charge in [-0.3, -0.25) is 4.98 Å². The largest absolute Gasteiger partial charge is 0.418 e. The normalized spacial score (nSPS) is 12.0. The van der Waals surface area contributed by atoms with Gasteiger partial charge in [0.2, 0.25) is 0 Å². The van der Waals surface area contributed by atoms with Gasteiger partial charge >= 0.3 is 6.18 Å². The Balaban J connectivity index is 2.83. The van der Waals surface area contributed by atoms with Crippen LogP contribution in [0.4, 0.5) is 17.6 Å². The first-order valence-electron chi connectivity index (χ1n) is 4.10. The fraction of sp³-hybridized carbons (Fsp3) is 0.100. The van der Waals surface area contributed by atoms with E-state index in [0.717, 1.165) is 24.4 Å². The molecule has 0 aliphatic heterocycles. The van der Waals surface area contributed by atoms with Crippen LogP contribution >= 0.6 is 0 Å². The summed E-state index contributed by atoms with van der Waals surface area (Å²) in [7, 11) is 0. The summed E-state index contributed by atoms with van der Waals surface area (Å²) in [6.45, 7) is 0. The molecule has 0 N–H and O–H groups in total. The minimum atomic E-state index is -4.51. The van der Waals surface area contributed by atoms with Crippen LogP contribution in [-0.2, 0) is 6.18 Å². The summed E-state index contributed by atoms with van der Waals surface area (Å²) in [4.78, 5) is 3.55. The van der Waals surface area contributed by atoms with Crippen LogP contribution in [0, 0.1) is 5.82 Å². The van der Waals surface area contributed by atoms with E-state index in [4.69, 9.17) is 0 Å². The zero-order valence-corrected chi connectivity index (χ0v) is 7.35. The van der Waals surface area contributed by atoms with Crippen LogP contribution in [0.2, 0.25) is 0 Å². The molecule has 5 heteroatoms. The highest BCUT2D eigenvalue weighted by Crippen LogP contribution is 2.34. The Labute approximate surface area is 82.4 Å². The van der Waals surface area contributed by atoms with E-state index in [1.165, 1.54) is 6.07 Å². The third-order valence-electron chi connectivity index (χ3n) is 2.02. The first-order chi connectivity index (χ1) is 7.00. The smallest absolute Gasteiger partial charge is 0.255 e. The van der Waals surface area contributed by atoms with Gasteiger partial charge in [-0.2, -0.15) is 13.2 Å². The fourth-order valence-electron chi connectivity index (χ4n) is 1.37. The minimum Gasteiger partial charge on any atom is -0.255 e. The summed E-state index contributed by atoms with van der Waals surface area (Å²) in [6, 6.07) is 4.35. The van der Waals surface area contributed by atoms with E-state index in [9.17, 15) is 17.6 Å². The van der Waals surface area contributed by atoms with Crippen molar-refractivity contribution in [2.24, 2.45) is 0 Å². The van der Waals surface area contributed by atoms with E-state index in [0.29, 0.717) is 0 Å². The van der Waals surface area contributed by atoms with Crippen LogP contribution in [0.15, 0.2) is 30.5 Å². The van der Waals surface area contributed by atoms with Gasteiger partial charge in [0.25, 0.3) is 0 Å². The quantitative estimate of drug-likeness (QED) is 0.614. The van der Waals surface area contributed by atoms with Gasteiger partial charge in [0.15, 0.2) is 0 Å². The molecule has 0 radical (unpaired) electrons. The molecule has 1 heterocycles. The lowest BCUT2D eigenvalue weighted by molar-refractivity contribution is -0.136. The van der Waals surface area contributed by atoms with Crippen molar-refractivity contribution in [2.45, 2.75) is 6.18 Å². The number of fused-ring (bicyclic) bond motifs is 1. The van der Waals surface area contributed by atoms with E-state index >= 15 is 0 Å². The van der Waals surface area contributed by atoms with Crippen molar-refractivity contribution in [3.63, 3.8) is 0 Å². The highest BCUT2D eigenvalue weighted by Gasteiger charge is 2.33. The Kier molecular flexibility index (Phi) is 2.10. The molecule has 2 aromatic rings. The van der Waals surface area contributed by atoms with Crippen molar-refractivity contribution in [2.75, 3.05) is 0 Å². The molecule has 1 aromatic carbocycles. The molecule has 0 fully saturated rings. The number of alkyl halides is 3. The zero-order valence-electron chi connectivity index (χ0n) is 7.35. The predicted molar refractivity (Wildman–Crippen MR) is 46.7 cm³/mol. The topological polar surface area (TPSA) is 12.9 Å². The zero-order chi connectivity index (χ0) is 11.1. The van der Waals surface area contributed by atoms with Crippen molar-refractivity contribution in [1.29, 1.82) is 0 Å². The van der Waals surface area contributed by atoms with Crippen molar-refractivity contribution >= 4 is 10.9 Å². The molecule has 0 aliphatic rings. The van der Waals surface area contributed by atoms with Gasteiger partial charge in [0.1, 0.15) is 5.82 Å². The molecule has 0 aliphatic carbocycles. The maximum Gasteiger partial charge on any atom is 0.418 e. The molecule has 0 saturated heterocycles. The maximum absolute atomic E-state index is 13.1. The summed E-state index contributed by atoms with van der Waals surface area (Å²) in [5.74, 6) is -0.703. The van der Waals surface area contributed by atoms with E-state index in [1.807, 2.05) is 0 Å². The molecule has 15 heavy (non-hydrogen) atoms. The lowest BCUT2D eigenvalue weighted by atomic mass is 10.1. The van der Waals surface area contributed by atoms with Crippen molar-refractivity contribution in [1.82, 2.24) is 4.98 Å². The van der Waals surface area contributed by atoms with Crippen molar-refractivity contribution in [3.05, 3.63) is 41.8 Å². The second-order valence-corrected chi connectivity index (χ2v) is 2.99. The van der Waals surface area contributed by atoms with Crippen LogP contribution in [0.1, 0.15) is 5.56 Å². The summed E-state index contributed by atoms with van der Waals surface area (Å²) in [6.07, 6.45) is -3.49. The highest BCUT2D eigenvalue weighted by atomic mass is 19.4. The average molecular weight is 215 g/mol. The van der Waals surface area contributed by atoms with Gasteiger partial charge in [-0.25, -0.2) is 4.39 Å². The molecular weight excluding hydrogens is 210 g/mol. The van der Waals surface area contributed by atoms with Crippen LogP contribution in [0.3, 0.4) is 0 Å². The Morgan fingerprint density at radius 2 is 1.80 bits per heavy atom. The first-order valence-corrected chi connectivity index (χ1v) is 4.10. The predicted octanol–water partition coefficient (Wildman–Crippen LogP) is 3.39. The van der Waals surface area contributed by atoms with Gasteiger partial charge in [0, 0.05) is 11.6 Å². The molecule has 1 aromatic heterocycles. The standard InChI is InChI=1S/C10H5F4N/c11-8-4-5-15-9-6(8)2-1-3-7(9)10(12,13)14/h1-5H. The summed E-state index contributed by atoms with van der Waals surface area (Å²) < 4.78 is 50.6. The third kappa shape index (κ3) is 1.65. The van der Waals surface area contributed by atoms with Gasteiger partial charge in [0.05, 0.1) is 11.1 Å². The maximum atomic E-state index is 13.1. The molecule has 1 nitrogen and oxygen atoms in total. The molecular formula is C10H5F4N. The summed E-state index contributed by atoms with van der Waals surface area (Å²) in [5, 5.41) is -0.118. The Bertz CT molecular complexity index is 504. The van der Waals surface area contributed by atoms with E-state index in [-0.39, 0.29) is 10.9 Å². The molecule has 78 valence electrons. The Morgan fingerprint density at radius 3 is 2.47 bits per heavy atom. The number of halogens is 4. The molecule has 0 bridgehead atoms. The number of hydrogen-bond donors (Lipinski definition) is 0. The third-order valence-corrected chi connectivity index (χ3v) is 2.02. The Hall–Kier alpha value is -1.65. The van der Waals surface area contributed by atoms with Crippen LogP contribution < -0.4 is 0 Å². The first kappa shape index (κ1) is 9.89. The highest BCUT2D eigenvalue weighted by molar-refractivity contribution is 5.82. The van der Waals surface area contributed by atoms with E-state index < -0.39 is 17.6 Å². The van der Waals surface area contributed by atoms with Gasteiger partial charge in [-0.05, 0) is 18.2 Å². The number of rotatable bonds is 0. The second kappa shape index (κ2) is 3.18. The Morgan fingerprint density at radius 1 is 1.07 bits per heavy atom. The van der Waals surface area contributed by atoms with E-state index in [2.05, 4.69) is 4.98 Å². The molecule has 0 atom stereocenters. The average Bonchev–Trinajstić information content (AvgIpc) is 2.16. The molecule has 0 saturated carbocycles. The molecule has 2 rings (SSSR count). The van der Waals surface area contributed by atoms with Gasteiger partial charge < -0.3 is 0 Å². The number of benzene rings is 1. The number of pyridine rings is 1. The second-order valence-electron chi connectivity index (χ2n) is 2.99. The molecule has 0 amide bonds.